The fourth-order valence-electron chi connectivity index (χ4n) is 5.96. The number of esters is 1. The molecule has 0 aromatic heterocycles. The summed E-state index contributed by atoms with van der Waals surface area (Å²) in [6, 6.07) is 0. The van der Waals surface area contributed by atoms with Crippen LogP contribution in [-0.2, 0) is 19.1 Å². The van der Waals surface area contributed by atoms with Crippen LogP contribution >= 0.6 is 0 Å². The number of hydrogen-bond donors (Lipinski definition) is 2. The average molecular weight is 390 g/mol. The zero-order valence-electron chi connectivity index (χ0n) is 17.5. The lowest BCUT2D eigenvalue weighted by Crippen LogP contribution is -2.60. The van der Waals surface area contributed by atoms with Crippen molar-refractivity contribution in [3.8, 4) is 0 Å². The van der Waals surface area contributed by atoms with E-state index >= 15 is 0 Å². The molecule has 0 aromatic rings. The monoisotopic (exact) mass is 390 g/mol. The third-order valence-corrected chi connectivity index (χ3v) is 6.88. The standard InChI is InChI=1S/C22H30O6/c1-10(2)12-15(24)13-14(17(26)16(12)25)22(6)9-7-8-21(4,5)20(22)18(27)19(13)28-11(3)23/h10,18-20,25,27H,7-9H2,1-6H3/t18-,19+,20+,22-/m1/s1. The van der Waals surface area contributed by atoms with Crippen LogP contribution in [0.4, 0.5) is 0 Å². The SMILES string of the molecule is CC(=O)O[C@H]1C2=C(C(=O)C(O)=C(C(C)C)C2=O)[C@@]2(C)CCCC(C)(C)[C@@H]2[C@@H]1O. The van der Waals surface area contributed by atoms with Gasteiger partial charge < -0.3 is 14.9 Å². The minimum absolute atomic E-state index is 0.0187. The molecule has 0 bridgehead atoms. The Hall–Kier alpha value is -1.95. The number of ether oxygens (including phenoxy) is 1. The Bertz CT molecular complexity index is 815. The molecule has 0 heterocycles. The molecule has 28 heavy (non-hydrogen) atoms. The van der Waals surface area contributed by atoms with Gasteiger partial charge in [-0.2, -0.15) is 0 Å². The maximum absolute atomic E-state index is 13.3. The molecule has 2 N–H and O–H groups in total. The van der Waals surface area contributed by atoms with Crippen LogP contribution in [0.15, 0.2) is 22.5 Å². The number of ketones is 2. The van der Waals surface area contributed by atoms with E-state index in [0.717, 1.165) is 12.8 Å². The number of rotatable bonds is 2. The van der Waals surface area contributed by atoms with Gasteiger partial charge in [-0.1, -0.05) is 41.0 Å². The largest absolute Gasteiger partial charge is 0.504 e. The van der Waals surface area contributed by atoms with Gasteiger partial charge in [0, 0.05) is 29.4 Å². The number of allylic oxidation sites excluding steroid dienone is 2. The summed E-state index contributed by atoms with van der Waals surface area (Å²) < 4.78 is 5.42. The predicted octanol–water partition coefficient (Wildman–Crippen LogP) is 3.04. The van der Waals surface area contributed by atoms with Crippen LogP contribution in [0.1, 0.15) is 60.8 Å². The lowest BCUT2D eigenvalue weighted by atomic mass is 9.47. The van der Waals surface area contributed by atoms with Crippen molar-refractivity contribution >= 4 is 17.5 Å². The van der Waals surface area contributed by atoms with E-state index in [2.05, 4.69) is 0 Å². The Morgan fingerprint density at radius 1 is 1.14 bits per heavy atom. The number of fused-ring (bicyclic) bond motifs is 2. The van der Waals surface area contributed by atoms with Gasteiger partial charge in [0.2, 0.25) is 5.78 Å². The number of aliphatic hydroxyl groups is 2. The summed E-state index contributed by atoms with van der Waals surface area (Å²) >= 11 is 0. The van der Waals surface area contributed by atoms with Crippen molar-refractivity contribution in [1.29, 1.82) is 0 Å². The van der Waals surface area contributed by atoms with Crippen LogP contribution in [-0.4, -0.2) is 40.0 Å². The molecule has 4 atom stereocenters. The smallest absolute Gasteiger partial charge is 0.303 e. The van der Waals surface area contributed by atoms with E-state index < -0.39 is 40.9 Å². The molecule has 6 heteroatoms. The van der Waals surface area contributed by atoms with E-state index in [4.69, 9.17) is 4.74 Å². The molecular formula is C22H30O6. The van der Waals surface area contributed by atoms with E-state index in [1.165, 1.54) is 6.92 Å². The van der Waals surface area contributed by atoms with Crippen LogP contribution in [0.3, 0.4) is 0 Å². The fourth-order valence-corrected chi connectivity index (χ4v) is 5.96. The number of Topliss-reactive ketones (excluding diaryl/α,β-unsaturated/α-hetero) is 2. The van der Waals surface area contributed by atoms with Gasteiger partial charge in [0.25, 0.3) is 0 Å². The van der Waals surface area contributed by atoms with Gasteiger partial charge in [0.15, 0.2) is 17.6 Å². The van der Waals surface area contributed by atoms with Gasteiger partial charge in [0.05, 0.1) is 11.7 Å². The first kappa shape index (κ1) is 20.8. The third kappa shape index (κ3) is 2.76. The normalized spacial score (nSPS) is 35.1. The molecule has 1 saturated carbocycles. The lowest BCUT2D eigenvalue weighted by molar-refractivity contribution is -0.166. The van der Waals surface area contributed by atoms with E-state index in [0.29, 0.717) is 6.42 Å². The van der Waals surface area contributed by atoms with Crippen LogP contribution < -0.4 is 0 Å². The van der Waals surface area contributed by atoms with Gasteiger partial charge in [-0.3, -0.25) is 14.4 Å². The molecule has 0 unspecified atom stereocenters. The summed E-state index contributed by atoms with van der Waals surface area (Å²) in [5, 5.41) is 21.9. The van der Waals surface area contributed by atoms with E-state index in [-0.39, 0.29) is 34.0 Å². The third-order valence-electron chi connectivity index (χ3n) is 6.88. The van der Waals surface area contributed by atoms with Crippen molar-refractivity contribution < 1.29 is 29.3 Å². The molecule has 0 aliphatic heterocycles. The summed E-state index contributed by atoms with van der Waals surface area (Å²) in [5.74, 6) is -2.99. The van der Waals surface area contributed by atoms with Crippen LogP contribution in [0.5, 0.6) is 0 Å². The summed E-state index contributed by atoms with van der Waals surface area (Å²) in [6.07, 6.45) is -0.00625. The molecule has 0 aromatic carbocycles. The maximum atomic E-state index is 13.3. The summed E-state index contributed by atoms with van der Waals surface area (Å²) in [6.45, 7) is 10.6. The second-order valence-corrected chi connectivity index (χ2v) is 9.62. The van der Waals surface area contributed by atoms with Crippen LogP contribution in [0.2, 0.25) is 0 Å². The summed E-state index contributed by atoms with van der Waals surface area (Å²) in [7, 11) is 0. The molecule has 3 aliphatic carbocycles. The number of aliphatic hydroxyl groups excluding tert-OH is 2. The molecule has 3 aliphatic rings. The highest BCUT2D eigenvalue weighted by Gasteiger charge is 2.62. The Kier molecular flexibility index (Phi) is 4.86. The summed E-state index contributed by atoms with van der Waals surface area (Å²) in [5.41, 5.74) is -0.828. The molecule has 0 amide bonds. The Labute approximate surface area is 165 Å². The first-order valence-electron chi connectivity index (χ1n) is 9.97. The van der Waals surface area contributed by atoms with E-state index in [1.54, 1.807) is 13.8 Å². The van der Waals surface area contributed by atoms with Crippen molar-refractivity contribution in [3.63, 3.8) is 0 Å². The zero-order chi connectivity index (χ0) is 21.2. The number of hydrogen-bond acceptors (Lipinski definition) is 6. The Balaban J connectivity index is 2.31. The van der Waals surface area contributed by atoms with Crippen molar-refractivity contribution in [1.82, 2.24) is 0 Å². The van der Waals surface area contributed by atoms with Gasteiger partial charge >= 0.3 is 5.97 Å². The number of carbonyl (C=O) groups is 3. The molecule has 6 nitrogen and oxygen atoms in total. The highest BCUT2D eigenvalue weighted by Crippen LogP contribution is 2.61. The second-order valence-electron chi connectivity index (χ2n) is 9.62. The summed E-state index contributed by atoms with van der Waals surface area (Å²) in [4.78, 5) is 38.4. The highest BCUT2D eigenvalue weighted by molar-refractivity contribution is 6.25. The van der Waals surface area contributed by atoms with E-state index in [9.17, 15) is 24.6 Å². The molecule has 0 spiro atoms. The van der Waals surface area contributed by atoms with Crippen molar-refractivity contribution in [3.05, 3.63) is 22.5 Å². The Morgan fingerprint density at radius 3 is 2.29 bits per heavy atom. The second kappa shape index (κ2) is 6.55. The molecule has 1 fully saturated rings. The highest BCUT2D eigenvalue weighted by atomic mass is 16.6. The molecule has 154 valence electrons. The quantitative estimate of drug-likeness (QED) is 0.555. The van der Waals surface area contributed by atoms with Crippen molar-refractivity contribution in [2.24, 2.45) is 22.7 Å². The first-order chi connectivity index (χ1) is 12.8. The van der Waals surface area contributed by atoms with Gasteiger partial charge in [0.1, 0.15) is 0 Å². The first-order valence-corrected chi connectivity index (χ1v) is 9.97. The molecular weight excluding hydrogens is 360 g/mol. The van der Waals surface area contributed by atoms with Crippen LogP contribution in [0.25, 0.3) is 0 Å². The van der Waals surface area contributed by atoms with Gasteiger partial charge in [-0.05, 0) is 24.2 Å². The zero-order valence-corrected chi connectivity index (χ0v) is 17.5. The van der Waals surface area contributed by atoms with Crippen molar-refractivity contribution in [2.75, 3.05) is 0 Å². The Morgan fingerprint density at radius 2 is 1.75 bits per heavy atom. The topological polar surface area (TPSA) is 101 Å². The lowest BCUT2D eigenvalue weighted by Gasteiger charge is -2.58. The molecule has 0 saturated heterocycles. The van der Waals surface area contributed by atoms with E-state index in [1.807, 2.05) is 20.8 Å². The maximum Gasteiger partial charge on any atom is 0.303 e. The minimum atomic E-state index is -1.21. The average Bonchev–Trinajstić information content (AvgIpc) is 2.53. The molecule has 0 radical (unpaired) electrons. The predicted molar refractivity (Wildman–Crippen MR) is 102 cm³/mol. The molecule has 3 rings (SSSR count). The van der Waals surface area contributed by atoms with Gasteiger partial charge in [-0.15, -0.1) is 0 Å². The van der Waals surface area contributed by atoms with Crippen molar-refractivity contribution in [2.45, 2.75) is 73.0 Å². The minimum Gasteiger partial charge on any atom is -0.504 e. The fraction of sp³-hybridized carbons (Fsp3) is 0.682. The van der Waals surface area contributed by atoms with Crippen LogP contribution in [0, 0.1) is 22.7 Å². The number of carbonyl (C=O) groups excluding carboxylic acids is 3. The van der Waals surface area contributed by atoms with Gasteiger partial charge in [-0.25, -0.2) is 0 Å².